The average molecular weight is 366 g/mol. The highest BCUT2D eigenvalue weighted by atomic mass is 15.3. The predicted octanol–water partition coefficient (Wildman–Crippen LogP) is 4.37. The molecular formula is C22H31N5. The minimum Gasteiger partial charge on any atom is -0.370 e. The lowest BCUT2D eigenvalue weighted by atomic mass is 9.92. The molecule has 0 unspecified atom stereocenters. The zero-order valence-electron chi connectivity index (χ0n) is 17.4. The number of hydrogen-bond donors (Lipinski definition) is 1. The second-order valence-electron chi connectivity index (χ2n) is 8.42. The van der Waals surface area contributed by atoms with Gasteiger partial charge in [-0.05, 0) is 39.5 Å². The first-order valence-electron chi connectivity index (χ1n) is 9.62. The third kappa shape index (κ3) is 4.30. The van der Waals surface area contributed by atoms with Gasteiger partial charge in [0, 0.05) is 23.6 Å². The van der Waals surface area contributed by atoms with E-state index < -0.39 is 0 Å². The number of aryl methyl sites for hydroxylation is 1. The molecule has 0 aliphatic rings. The Hall–Kier alpha value is -2.40. The highest BCUT2D eigenvalue weighted by Gasteiger charge is 2.22. The van der Waals surface area contributed by atoms with Crippen LogP contribution in [0.5, 0.6) is 0 Å². The molecule has 0 saturated carbocycles. The van der Waals surface area contributed by atoms with Gasteiger partial charge in [-0.3, -0.25) is 0 Å². The van der Waals surface area contributed by atoms with Crippen molar-refractivity contribution in [1.29, 1.82) is 0 Å². The quantitative estimate of drug-likeness (QED) is 0.659. The second kappa shape index (κ2) is 7.69. The maximum Gasteiger partial charge on any atom is 0.165 e. The molecule has 0 bridgehead atoms. The summed E-state index contributed by atoms with van der Waals surface area (Å²) in [4.78, 5) is 7.22. The van der Waals surface area contributed by atoms with Crippen molar-refractivity contribution in [2.24, 2.45) is 0 Å². The van der Waals surface area contributed by atoms with Crippen LogP contribution >= 0.6 is 0 Å². The van der Waals surface area contributed by atoms with Gasteiger partial charge in [-0.15, -0.1) is 0 Å². The van der Waals surface area contributed by atoms with Crippen molar-refractivity contribution in [2.75, 3.05) is 32.5 Å². The Balaban J connectivity index is 2.09. The monoisotopic (exact) mass is 365 g/mol. The van der Waals surface area contributed by atoms with Crippen molar-refractivity contribution in [2.45, 2.75) is 39.5 Å². The minimum atomic E-state index is -0.0338. The SMILES string of the molecule is Cc1nn2c(NCCCN(C)C)cc(C(C)(C)C)nc2c1-c1ccccc1. The lowest BCUT2D eigenvalue weighted by molar-refractivity contribution is 0.405. The van der Waals surface area contributed by atoms with Gasteiger partial charge < -0.3 is 10.2 Å². The van der Waals surface area contributed by atoms with Gasteiger partial charge in [0.25, 0.3) is 0 Å². The number of aromatic nitrogens is 3. The third-order valence-electron chi connectivity index (χ3n) is 4.68. The molecule has 144 valence electrons. The van der Waals surface area contributed by atoms with E-state index in [2.05, 4.69) is 82.3 Å². The van der Waals surface area contributed by atoms with E-state index in [1.165, 1.54) is 0 Å². The van der Waals surface area contributed by atoms with E-state index in [-0.39, 0.29) is 5.41 Å². The number of rotatable bonds is 6. The van der Waals surface area contributed by atoms with Crippen molar-refractivity contribution in [3.05, 3.63) is 47.8 Å². The molecule has 0 radical (unpaired) electrons. The molecule has 3 rings (SSSR count). The fraction of sp³-hybridized carbons (Fsp3) is 0.455. The van der Waals surface area contributed by atoms with Gasteiger partial charge >= 0.3 is 0 Å². The summed E-state index contributed by atoms with van der Waals surface area (Å²) in [5, 5.41) is 8.39. The van der Waals surface area contributed by atoms with E-state index in [4.69, 9.17) is 10.1 Å². The molecule has 1 N–H and O–H groups in total. The van der Waals surface area contributed by atoms with E-state index in [1.807, 2.05) is 10.6 Å². The summed E-state index contributed by atoms with van der Waals surface area (Å²) in [6.45, 7) is 10.6. The molecule has 5 heteroatoms. The van der Waals surface area contributed by atoms with Crippen LogP contribution in [0.2, 0.25) is 0 Å². The predicted molar refractivity (Wildman–Crippen MR) is 114 cm³/mol. The largest absolute Gasteiger partial charge is 0.370 e. The van der Waals surface area contributed by atoms with Gasteiger partial charge in [-0.25, -0.2) is 4.98 Å². The first-order valence-corrected chi connectivity index (χ1v) is 9.62. The van der Waals surface area contributed by atoms with Gasteiger partial charge in [0.2, 0.25) is 0 Å². The fourth-order valence-electron chi connectivity index (χ4n) is 3.19. The van der Waals surface area contributed by atoms with Crippen LogP contribution < -0.4 is 5.32 Å². The van der Waals surface area contributed by atoms with Gasteiger partial charge in [0.15, 0.2) is 5.65 Å². The lowest BCUT2D eigenvalue weighted by Gasteiger charge is -2.20. The van der Waals surface area contributed by atoms with E-state index in [9.17, 15) is 0 Å². The van der Waals surface area contributed by atoms with Crippen LogP contribution in [0.1, 0.15) is 38.6 Å². The van der Waals surface area contributed by atoms with E-state index in [0.717, 1.165) is 53.5 Å². The highest BCUT2D eigenvalue weighted by Crippen LogP contribution is 2.31. The number of hydrogen-bond acceptors (Lipinski definition) is 4. The Morgan fingerprint density at radius 1 is 1.11 bits per heavy atom. The Morgan fingerprint density at radius 2 is 1.81 bits per heavy atom. The van der Waals surface area contributed by atoms with Crippen molar-refractivity contribution >= 4 is 11.5 Å². The molecule has 0 aliphatic heterocycles. The molecule has 0 saturated heterocycles. The first kappa shape index (κ1) is 19.4. The first-order chi connectivity index (χ1) is 12.8. The maximum atomic E-state index is 5.01. The van der Waals surface area contributed by atoms with Gasteiger partial charge in [0.05, 0.1) is 11.4 Å². The summed E-state index contributed by atoms with van der Waals surface area (Å²) in [5.41, 5.74) is 5.22. The average Bonchev–Trinajstić information content (AvgIpc) is 2.94. The molecule has 2 heterocycles. The van der Waals surface area contributed by atoms with Gasteiger partial charge in [-0.2, -0.15) is 9.61 Å². The third-order valence-corrected chi connectivity index (χ3v) is 4.68. The molecule has 0 amide bonds. The number of nitrogens with zero attached hydrogens (tertiary/aromatic N) is 4. The number of nitrogens with one attached hydrogen (secondary N) is 1. The van der Waals surface area contributed by atoms with Gasteiger partial charge in [-0.1, -0.05) is 51.1 Å². The summed E-state index contributed by atoms with van der Waals surface area (Å²) in [5.74, 6) is 1.01. The maximum absolute atomic E-state index is 5.01. The summed E-state index contributed by atoms with van der Waals surface area (Å²) >= 11 is 0. The summed E-state index contributed by atoms with van der Waals surface area (Å²) in [6, 6.07) is 12.6. The number of fused-ring (bicyclic) bond motifs is 1. The molecule has 2 aromatic heterocycles. The molecule has 27 heavy (non-hydrogen) atoms. The Labute approximate surface area is 162 Å². The van der Waals surface area contributed by atoms with Crippen molar-refractivity contribution in [1.82, 2.24) is 19.5 Å². The second-order valence-corrected chi connectivity index (χ2v) is 8.42. The molecule has 0 fully saturated rings. The van der Waals surface area contributed by atoms with Gasteiger partial charge in [0.1, 0.15) is 5.82 Å². The Morgan fingerprint density at radius 3 is 2.44 bits per heavy atom. The van der Waals surface area contributed by atoms with Crippen LogP contribution in [0.15, 0.2) is 36.4 Å². The van der Waals surface area contributed by atoms with Crippen LogP contribution in [-0.4, -0.2) is 46.7 Å². The molecule has 0 spiro atoms. The van der Waals surface area contributed by atoms with Crippen LogP contribution in [-0.2, 0) is 5.41 Å². The standard InChI is InChI=1S/C22H31N5/c1-16-20(17-11-8-7-9-12-17)21-24-18(22(2,3)4)15-19(27(21)25-16)23-13-10-14-26(5)6/h7-9,11-12,15,23H,10,13-14H2,1-6H3. The lowest BCUT2D eigenvalue weighted by Crippen LogP contribution is -2.19. The molecule has 3 aromatic rings. The molecule has 0 aliphatic carbocycles. The Bertz CT molecular complexity index is 904. The van der Waals surface area contributed by atoms with E-state index in [1.54, 1.807) is 0 Å². The van der Waals surface area contributed by atoms with Crippen LogP contribution in [0.25, 0.3) is 16.8 Å². The van der Waals surface area contributed by atoms with E-state index >= 15 is 0 Å². The number of benzene rings is 1. The van der Waals surface area contributed by atoms with Crippen molar-refractivity contribution < 1.29 is 0 Å². The summed E-state index contributed by atoms with van der Waals surface area (Å²) < 4.78 is 1.96. The zero-order chi connectivity index (χ0) is 19.6. The van der Waals surface area contributed by atoms with Crippen molar-refractivity contribution in [3.63, 3.8) is 0 Å². The van der Waals surface area contributed by atoms with Crippen LogP contribution in [0.3, 0.4) is 0 Å². The molecule has 1 aromatic carbocycles. The summed E-state index contributed by atoms with van der Waals surface area (Å²) in [6.07, 6.45) is 1.08. The summed E-state index contributed by atoms with van der Waals surface area (Å²) in [7, 11) is 4.21. The molecule has 5 nitrogen and oxygen atoms in total. The molecule has 0 atom stereocenters. The van der Waals surface area contributed by atoms with Crippen molar-refractivity contribution in [3.8, 4) is 11.1 Å². The minimum absolute atomic E-state index is 0.0338. The van der Waals surface area contributed by atoms with Crippen LogP contribution in [0, 0.1) is 6.92 Å². The molecular weight excluding hydrogens is 334 g/mol. The Kier molecular flexibility index (Phi) is 5.51. The van der Waals surface area contributed by atoms with Crippen LogP contribution in [0.4, 0.5) is 5.82 Å². The van der Waals surface area contributed by atoms with E-state index in [0.29, 0.717) is 0 Å². The number of anilines is 1. The normalized spacial score (nSPS) is 12.1. The smallest absolute Gasteiger partial charge is 0.165 e. The highest BCUT2D eigenvalue weighted by molar-refractivity contribution is 5.81. The zero-order valence-corrected chi connectivity index (χ0v) is 17.4. The topological polar surface area (TPSA) is 45.5 Å². The fourth-order valence-corrected chi connectivity index (χ4v) is 3.19.